The number of oxime groups is 1. The van der Waals surface area contributed by atoms with E-state index in [9.17, 15) is 26.0 Å². The van der Waals surface area contributed by atoms with Crippen LogP contribution >= 0.6 is 11.6 Å². The van der Waals surface area contributed by atoms with Gasteiger partial charge in [-0.1, -0.05) is 30.1 Å². The van der Waals surface area contributed by atoms with Gasteiger partial charge in [-0.3, -0.25) is 4.72 Å². The van der Waals surface area contributed by atoms with E-state index in [1.54, 1.807) is 6.92 Å². The minimum absolute atomic E-state index is 0.0317. The van der Waals surface area contributed by atoms with Crippen LogP contribution in [0.4, 0.5) is 23.2 Å². The van der Waals surface area contributed by atoms with Crippen molar-refractivity contribution in [3.63, 3.8) is 0 Å². The van der Waals surface area contributed by atoms with E-state index in [0.29, 0.717) is 6.42 Å². The van der Waals surface area contributed by atoms with Crippen LogP contribution in [0, 0.1) is 5.82 Å². The molecule has 5 nitrogen and oxygen atoms in total. The van der Waals surface area contributed by atoms with Crippen LogP contribution in [-0.2, 0) is 10.0 Å². The first-order valence-corrected chi connectivity index (χ1v) is 9.78. The van der Waals surface area contributed by atoms with Gasteiger partial charge >= 0.3 is 15.5 Å². The summed E-state index contributed by atoms with van der Waals surface area (Å²) in [5, 5.41) is 4.06. The number of sulfonamides is 1. The highest BCUT2D eigenvalue weighted by molar-refractivity contribution is 7.93. The van der Waals surface area contributed by atoms with Crippen molar-refractivity contribution in [2.75, 3.05) is 4.72 Å². The first kappa shape index (κ1) is 22.0. The van der Waals surface area contributed by atoms with Crippen molar-refractivity contribution in [2.24, 2.45) is 5.16 Å². The van der Waals surface area contributed by atoms with E-state index in [0.717, 1.165) is 18.2 Å². The summed E-state index contributed by atoms with van der Waals surface area (Å²) in [5.74, 6) is -0.293. The van der Waals surface area contributed by atoms with Gasteiger partial charge in [0.25, 0.3) is 0 Å². The highest BCUT2D eigenvalue weighted by atomic mass is 35.5. The number of halogens is 5. The van der Waals surface area contributed by atoms with Gasteiger partial charge in [0, 0.05) is 10.6 Å². The van der Waals surface area contributed by atoms with Gasteiger partial charge < -0.3 is 4.84 Å². The highest BCUT2D eigenvalue weighted by Crippen LogP contribution is 2.29. The zero-order valence-electron chi connectivity index (χ0n) is 14.4. The normalized spacial score (nSPS) is 12.7. The van der Waals surface area contributed by atoms with Crippen LogP contribution in [0.5, 0.6) is 5.75 Å². The fraction of sp³-hybridized carbons (Fsp3) is 0.235. The molecule has 0 aliphatic carbocycles. The van der Waals surface area contributed by atoms with E-state index in [2.05, 4.69) is 5.16 Å². The summed E-state index contributed by atoms with van der Waals surface area (Å²) in [5.41, 5.74) is -5.65. The van der Waals surface area contributed by atoms with Crippen molar-refractivity contribution in [1.29, 1.82) is 0 Å². The average Bonchev–Trinajstić information content (AvgIpc) is 2.60. The number of nitrogens with zero attached hydrogens (tertiary/aromatic N) is 1. The molecule has 152 valence electrons. The van der Waals surface area contributed by atoms with Crippen molar-refractivity contribution < 1.29 is 30.8 Å². The van der Waals surface area contributed by atoms with Crippen molar-refractivity contribution in [3.05, 3.63) is 58.9 Å². The van der Waals surface area contributed by atoms with Gasteiger partial charge in [-0.15, -0.1) is 0 Å². The Kier molecular flexibility index (Phi) is 6.89. The van der Waals surface area contributed by atoms with Crippen LogP contribution in [0.15, 0.2) is 47.6 Å². The molecule has 0 aromatic heterocycles. The lowest BCUT2D eigenvalue weighted by Gasteiger charge is -2.15. The van der Waals surface area contributed by atoms with Gasteiger partial charge in [-0.25, -0.2) is 4.39 Å². The van der Waals surface area contributed by atoms with Gasteiger partial charge in [0.1, 0.15) is 5.82 Å². The molecule has 0 radical (unpaired) electrons. The Labute approximate surface area is 164 Å². The summed E-state index contributed by atoms with van der Waals surface area (Å²) in [7, 11) is -5.64. The van der Waals surface area contributed by atoms with Crippen LogP contribution in [0.1, 0.15) is 25.3 Å². The number of hydrogen-bond donors (Lipinski definition) is 1. The lowest BCUT2D eigenvalue weighted by atomic mass is 10.0. The van der Waals surface area contributed by atoms with Gasteiger partial charge in [-0.2, -0.15) is 21.6 Å². The Hall–Kier alpha value is -2.33. The summed E-state index contributed by atoms with van der Waals surface area (Å²) in [6.07, 6.45) is 0.784. The Morgan fingerprint density at radius 2 is 1.82 bits per heavy atom. The quantitative estimate of drug-likeness (QED) is 0.361. The zero-order chi connectivity index (χ0) is 20.9. The summed E-state index contributed by atoms with van der Waals surface area (Å²) < 4.78 is 75.6. The Morgan fingerprint density at radius 1 is 1.18 bits per heavy atom. The molecule has 2 rings (SSSR count). The first-order chi connectivity index (χ1) is 13.0. The first-order valence-electron chi connectivity index (χ1n) is 7.92. The minimum atomic E-state index is -5.64. The van der Waals surface area contributed by atoms with Crippen molar-refractivity contribution in [3.8, 4) is 5.75 Å². The lowest BCUT2D eigenvalue weighted by molar-refractivity contribution is -0.0429. The fourth-order valence-corrected chi connectivity index (χ4v) is 2.87. The van der Waals surface area contributed by atoms with Gasteiger partial charge in [0.15, 0.2) is 5.75 Å². The second kappa shape index (κ2) is 8.78. The summed E-state index contributed by atoms with van der Waals surface area (Å²) in [6, 6.07) is 8.53. The molecule has 0 bridgehead atoms. The molecule has 0 saturated heterocycles. The largest absolute Gasteiger partial charge is 0.516 e. The Balaban J connectivity index is 2.44. The smallest absolute Gasteiger partial charge is 0.357 e. The molecule has 0 spiro atoms. The molecule has 0 heterocycles. The molecule has 0 atom stereocenters. The van der Waals surface area contributed by atoms with Crippen molar-refractivity contribution in [2.45, 2.75) is 25.3 Å². The third-order valence-electron chi connectivity index (χ3n) is 3.40. The highest BCUT2D eigenvalue weighted by Gasteiger charge is 2.46. The standard InChI is InChI=1S/C17H15ClF4N2O3S/c1-2-3-15(23-27-13-7-5-12(19)6-8-13)14-10-11(18)4-9-16(14)24-28(25,26)17(20,21)22/h4-10,24H,2-3H2,1H3. The number of alkyl halides is 3. The van der Waals surface area contributed by atoms with E-state index >= 15 is 0 Å². The minimum Gasteiger partial charge on any atom is -0.357 e. The molecule has 0 aliphatic rings. The van der Waals surface area contributed by atoms with Crippen LogP contribution in [0.2, 0.25) is 5.02 Å². The van der Waals surface area contributed by atoms with Crippen LogP contribution in [0.25, 0.3) is 0 Å². The topological polar surface area (TPSA) is 67.8 Å². The maximum Gasteiger partial charge on any atom is 0.516 e. The van der Waals surface area contributed by atoms with E-state index in [1.807, 2.05) is 0 Å². The monoisotopic (exact) mass is 438 g/mol. The second-order valence-corrected chi connectivity index (χ2v) is 7.68. The molecule has 2 aromatic carbocycles. The Bertz CT molecular complexity index is 961. The predicted molar refractivity (Wildman–Crippen MR) is 98.5 cm³/mol. The van der Waals surface area contributed by atoms with Crippen LogP contribution in [-0.4, -0.2) is 19.6 Å². The molecular formula is C17H15ClF4N2O3S. The maximum atomic E-state index is 13.0. The van der Waals surface area contributed by atoms with E-state index in [1.165, 1.54) is 29.0 Å². The number of hydrogen-bond acceptors (Lipinski definition) is 4. The zero-order valence-corrected chi connectivity index (χ0v) is 16.0. The predicted octanol–water partition coefficient (Wildman–Crippen LogP) is 5.32. The average molecular weight is 439 g/mol. The number of nitrogens with one attached hydrogen (secondary N) is 1. The van der Waals surface area contributed by atoms with Gasteiger partial charge in [0.05, 0.1) is 11.4 Å². The fourth-order valence-electron chi connectivity index (χ4n) is 2.12. The van der Waals surface area contributed by atoms with Crippen molar-refractivity contribution >= 4 is 33.0 Å². The number of anilines is 1. The maximum absolute atomic E-state index is 13.0. The molecule has 2 aromatic rings. The number of rotatable bonds is 7. The summed E-state index contributed by atoms with van der Waals surface area (Å²) in [4.78, 5) is 5.20. The third-order valence-corrected chi connectivity index (χ3v) is 4.74. The van der Waals surface area contributed by atoms with Crippen LogP contribution in [0.3, 0.4) is 0 Å². The van der Waals surface area contributed by atoms with Gasteiger partial charge in [-0.05, 0) is 48.9 Å². The molecule has 0 amide bonds. The molecule has 0 aliphatic heterocycles. The molecule has 0 unspecified atom stereocenters. The van der Waals surface area contributed by atoms with E-state index in [-0.39, 0.29) is 34.2 Å². The van der Waals surface area contributed by atoms with E-state index in [4.69, 9.17) is 16.4 Å². The van der Waals surface area contributed by atoms with Crippen LogP contribution < -0.4 is 9.56 Å². The van der Waals surface area contributed by atoms with Crippen molar-refractivity contribution in [1.82, 2.24) is 0 Å². The molecule has 0 fully saturated rings. The Morgan fingerprint density at radius 3 is 2.39 bits per heavy atom. The third kappa shape index (κ3) is 5.59. The number of benzene rings is 2. The molecule has 0 saturated carbocycles. The van der Waals surface area contributed by atoms with Gasteiger partial charge in [0.2, 0.25) is 0 Å². The molecular weight excluding hydrogens is 424 g/mol. The molecule has 1 N–H and O–H groups in total. The molecule has 28 heavy (non-hydrogen) atoms. The molecule has 11 heteroatoms. The summed E-state index contributed by atoms with van der Waals surface area (Å²) >= 11 is 5.92. The van der Waals surface area contributed by atoms with E-state index < -0.39 is 21.3 Å². The summed E-state index contributed by atoms with van der Waals surface area (Å²) in [6.45, 7) is 1.79. The second-order valence-electron chi connectivity index (χ2n) is 5.57. The lowest BCUT2D eigenvalue weighted by Crippen LogP contribution is -2.30. The SMILES string of the molecule is CCCC(=NOc1ccc(F)cc1)c1cc(Cl)ccc1NS(=O)(=O)C(F)(F)F.